The number of benzene rings is 1. The monoisotopic (exact) mass is 521 g/mol. The average Bonchev–Trinajstić information content (AvgIpc) is 3.24. The van der Waals surface area contributed by atoms with Crippen LogP contribution in [-0.4, -0.2) is 88.1 Å². The molecule has 0 radical (unpaired) electrons. The molecule has 1 spiro atoms. The molecule has 0 saturated carbocycles. The Bertz CT molecular complexity index is 1090. The molecule has 38 heavy (non-hydrogen) atoms. The molecule has 1 unspecified atom stereocenters. The molecular weight excluding hydrogens is 482 g/mol. The number of likely N-dealkylation sites (tertiary alicyclic amines) is 1. The van der Waals surface area contributed by atoms with Gasteiger partial charge in [-0.2, -0.15) is 0 Å². The Morgan fingerprint density at radius 1 is 0.921 bits per heavy atom. The third-order valence-electron chi connectivity index (χ3n) is 8.34. The number of carbonyl (C=O) groups is 3. The normalized spacial score (nSPS) is 30.4. The van der Waals surface area contributed by atoms with Gasteiger partial charge in [-0.25, -0.2) is 0 Å². The lowest BCUT2D eigenvalue weighted by Crippen LogP contribution is -2.55. The molecule has 2 saturated heterocycles. The molecule has 0 bridgehead atoms. The molecule has 3 amide bonds. The Balaban J connectivity index is 1.49. The molecule has 2 fully saturated rings. The minimum absolute atomic E-state index is 0.0631. The molecule has 4 aliphatic rings. The van der Waals surface area contributed by atoms with E-state index in [0.29, 0.717) is 32.7 Å². The summed E-state index contributed by atoms with van der Waals surface area (Å²) in [5.41, 5.74) is -0.151. The number of ether oxygens (including phenoxy) is 1. The Morgan fingerprint density at radius 2 is 1.68 bits per heavy atom. The Morgan fingerprint density at radius 3 is 2.45 bits per heavy atom. The van der Waals surface area contributed by atoms with E-state index >= 15 is 0 Å². The van der Waals surface area contributed by atoms with Crippen LogP contribution in [0.15, 0.2) is 54.6 Å². The highest BCUT2D eigenvalue weighted by Gasteiger charge is 2.71. The van der Waals surface area contributed by atoms with E-state index in [1.54, 1.807) is 9.80 Å². The van der Waals surface area contributed by atoms with Gasteiger partial charge in [-0.15, -0.1) is 0 Å². The maximum atomic E-state index is 14.2. The second-order valence-electron chi connectivity index (χ2n) is 10.8. The molecule has 204 valence electrons. The maximum absolute atomic E-state index is 14.2. The number of hydrogen-bond donors (Lipinski definition) is 1. The summed E-state index contributed by atoms with van der Waals surface area (Å²) < 4.78 is 6.69. The number of fused-ring (bicyclic) bond motifs is 2. The third-order valence-corrected chi connectivity index (χ3v) is 8.34. The first kappa shape index (κ1) is 26.6. The average molecular weight is 522 g/mol. The zero-order valence-corrected chi connectivity index (χ0v) is 22.2. The number of rotatable bonds is 10. The van der Waals surface area contributed by atoms with E-state index in [4.69, 9.17) is 9.84 Å². The Kier molecular flexibility index (Phi) is 8.00. The molecule has 1 N–H and O–H groups in total. The summed E-state index contributed by atoms with van der Waals surface area (Å²) in [6, 6.07) is 9.04. The molecule has 0 aliphatic carbocycles. The molecule has 1 aromatic carbocycles. The van der Waals surface area contributed by atoms with Crippen LogP contribution in [0.4, 0.5) is 0 Å². The zero-order valence-electron chi connectivity index (χ0n) is 22.2. The van der Waals surface area contributed by atoms with Gasteiger partial charge in [-0.05, 0) is 24.8 Å². The number of aliphatic hydroxyl groups excluding tert-OH is 1. The Hall–Kier alpha value is -2.97. The van der Waals surface area contributed by atoms with E-state index in [-0.39, 0.29) is 24.3 Å². The van der Waals surface area contributed by atoms with Crippen molar-refractivity contribution < 1.29 is 24.2 Å². The van der Waals surface area contributed by atoms with Crippen LogP contribution in [-0.2, 0) is 25.7 Å². The third kappa shape index (κ3) is 4.69. The van der Waals surface area contributed by atoms with Gasteiger partial charge < -0.3 is 24.5 Å². The van der Waals surface area contributed by atoms with E-state index in [1.807, 2.05) is 66.5 Å². The van der Waals surface area contributed by atoms with Gasteiger partial charge in [0.1, 0.15) is 11.6 Å². The minimum atomic E-state index is -1.17. The molecule has 8 heteroatoms. The van der Waals surface area contributed by atoms with Crippen molar-refractivity contribution >= 4 is 17.7 Å². The molecule has 4 heterocycles. The van der Waals surface area contributed by atoms with Gasteiger partial charge in [0, 0.05) is 39.3 Å². The number of unbranched alkanes of at least 4 members (excludes halogenated alkanes) is 3. The largest absolute Gasteiger partial charge is 0.396 e. The number of hydrogen-bond acceptors (Lipinski definition) is 5. The summed E-state index contributed by atoms with van der Waals surface area (Å²) in [6.45, 7) is 4.60. The van der Waals surface area contributed by atoms with Gasteiger partial charge in [0.05, 0.1) is 17.9 Å². The van der Waals surface area contributed by atoms with Gasteiger partial charge in [-0.1, -0.05) is 74.4 Å². The van der Waals surface area contributed by atoms with Crippen molar-refractivity contribution in [1.82, 2.24) is 14.7 Å². The van der Waals surface area contributed by atoms with E-state index in [2.05, 4.69) is 0 Å². The quantitative estimate of drug-likeness (QED) is 0.378. The van der Waals surface area contributed by atoms with Crippen molar-refractivity contribution in [3.63, 3.8) is 0 Å². The van der Waals surface area contributed by atoms with Crippen LogP contribution in [0.1, 0.15) is 44.6 Å². The number of aliphatic hydroxyl groups is 1. The number of carbonyl (C=O) groups excluding carboxylic acids is 3. The minimum Gasteiger partial charge on any atom is -0.396 e. The predicted molar refractivity (Wildman–Crippen MR) is 143 cm³/mol. The number of amides is 3. The van der Waals surface area contributed by atoms with E-state index < -0.39 is 29.6 Å². The van der Waals surface area contributed by atoms with Gasteiger partial charge in [0.2, 0.25) is 17.7 Å². The van der Waals surface area contributed by atoms with Crippen LogP contribution < -0.4 is 0 Å². The molecule has 4 aliphatic heterocycles. The summed E-state index contributed by atoms with van der Waals surface area (Å²) in [5.74, 6) is -1.74. The second kappa shape index (κ2) is 11.4. The molecule has 8 nitrogen and oxygen atoms in total. The molecule has 5 rings (SSSR count). The van der Waals surface area contributed by atoms with Gasteiger partial charge in [0.25, 0.3) is 0 Å². The summed E-state index contributed by atoms with van der Waals surface area (Å²) in [6.07, 6.45) is 11.2. The Labute approximate surface area is 224 Å². The fourth-order valence-corrected chi connectivity index (χ4v) is 6.64. The van der Waals surface area contributed by atoms with Crippen LogP contribution in [0.5, 0.6) is 0 Å². The zero-order chi connectivity index (χ0) is 26.7. The van der Waals surface area contributed by atoms with E-state index in [0.717, 1.165) is 37.7 Å². The van der Waals surface area contributed by atoms with Gasteiger partial charge in [0.15, 0.2) is 0 Å². The molecular formula is C30H39N3O5. The summed E-state index contributed by atoms with van der Waals surface area (Å²) in [5, 5.41) is 9.14. The smallest absolute Gasteiger partial charge is 0.249 e. The lowest BCUT2D eigenvalue weighted by atomic mass is 9.77. The lowest BCUT2D eigenvalue weighted by molar-refractivity contribution is -0.148. The maximum Gasteiger partial charge on any atom is 0.249 e. The van der Waals surface area contributed by atoms with Crippen molar-refractivity contribution in [1.29, 1.82) is 0 Å². The van der Waals surface area contributed by atoms with Crippen molar-refractivity contribution in [2.45, 2.75) is 63.3 Å². The summed E-state index contributed by atoms with van der Waals surface area (Å²) in [4.78, 5) is 47.5. The molecule has 0 aromatic heterocycles. The summed E-state index contributed by atoms with van der Waals surface area (Å²) in [7, 11) is 0. The van der Waals surface area contributed by atoms with Crippen molar-refractivity contribution in [3.05, 3.63) is 60.2 Å². The van der Waals surface area contributed by atoms with Crippen LogP contribution in [0.25, 0.3) is 0 Å². The molecule has 5 atom stereocenters. The van der Waals surface area contributed by atoms with Crippen LogP contribution in [0.2, 0.25) is 0 Å². The van der Waals surface area contributed by atoms with Gasteiger partial charge in [-0.3, -0.25) is 14.4 Å². The topological polar surface area (TPSA) is 90.4 Å². The van der Waals surface area contributed by atoms with Gasteiger partial charge >= 0.3 is 0 Å². The SMILES string of the molecule is CCCN1CC=C[C@@H]2O[C@]34C=CCN(Cc5ccccc5)C(=O)C3N(CCCCCCO)C(=O)[C@@H]4[C@@H]2C1=O. The first-order valence-electron chi connectivity index (χ1n) is 14.1. The van der Waals surface area contributed by atoms with Crippen molar-refractivity contribution in [2.24, 2.45) is 11.8 Å². The van der Waals surface area contributed by atoms with Crippen molar-refractivity contribution in [2.75, 3.05) is 32.8 Å². The highest BCUT2D eigenvalue weighted by atomic mass is 16.5. The lowest BCUT2D eigenvalue weighted by Gasteiger charge is -2.35. The fourth-order valence-electron chi connectivity index (χ4n) is 6.64. The van der Waals surface area contributed by atoms with Crippen molar-refractivity contribution in [3.8, 4) is 0 Å². The first-order chi connectivity index (χ1) is 18.5. The second-order valence-corrected chi connectivity index (χ2v) is 10.8. The highest BCUT2D eigenvalue weighted by Crippen LogP contribution is 2.53. The number of nitrogens with zero attached hydrogens (tertiary/aromatic N) is 3. The van der Waals surface area contributed by atoms with E-state index in [1.165, 1.54) is 0 Å². The first-order valence-corrected chi connectivity index (χ1v) is 14.1. The van der Waals surface area contributed by atoms with Crippen LogP contribution in [0, 0.1) is 11.8 Å². The molecule has 1 aromatic rings. The predicted octanol–water partition coefficient (Wildman–Crippen LogP) is 2.53. The summed E-state index contributed by atoms with van der Waals surface area (Å²) >= 11 is 0. The van der Waals surface area contributed by atoms with Crippen LogP contribution >= 0.6 is 0 Å². The highest BCUT2D eigenvalue weighted by molar-refractivity contribution is 5.99. The standard InChI is InChI=1S/C30H39N3O5/c1-2-16-31-17-10-14-23-24(27(31)35)25-28(36)33(19-8-3-4-9-20-34)26-29(37)32(18-11-15-30(25,26)38-23)21-22-12-6-5-7-13-22/h5-7,10-15,23-26,34H,2-4,8-9,16-21H2,1H3/t23-,24+,25-,26?,30-/m0/s1. The fraction of sp³-hybridized carbons (Fsp3) is 0.567. The van der Waals surface area contributed by atoms with Crippen LogP contribution in [0.3, 0.4) is 0 Å². The van der Waals surface area contributed by atoms with E-state index in [9.17, 15) is 14.4 Å².